The molecule has 11 heteroatoms. The Hall–Kier alpha value is -3.34. The molecule has 3 aliphatic carbocycles. The Morgan fingerprint density at radius 1 is 1.23 bits per heavy atom. The van der Waals surface area contributed by atoms with E-state index >= 15 is 0 Å². The molecular formula is C32H45N5O6. The third-order valence-electron chi connectivity index (χ3n) is 11.5. The van der Waals surface area contributed by atoms with Gasteiger partial charge >= 0.3 is 11.7 Å². The van der Waals surface area contributed by atoms with Crippen molar-refractivity contribution in [2.75, 3.05) is 0 Å². The molecule has 3 fully saturated rings. The van der Waals surface area contributed by atoms with Crippen molar-refractivity contribution in [2.45, 2.75) is 105 Å². The SMILES string of the molecule is C=C[C@]1(C)C[C@@H](OC(=O)Cn2cc(CCCn3cc(C)c(=O)[nH]c3=O)nn2)[C@]2(C)[C@H](C)CC[C@]3(CCC(=O)[C@@H]32)[C@@H](C)[C@@H]1O. The summed E-state index contributed by atoms with van der Waals surface area (Å²) in [4.78, 5) is 53.0. The minimum atomic E-state index is -0.716. The molecule has 234 valence electrons. The summed E-state index contributed by atoms with van der Waals surface area (Å²) >= 11 is 0. The lowest BCUT2D eigenvalue weighted by Gasteiger charge is -2.61. The van der Waals surface area contributed by atoms with E-state index in [1.807, 2.05) is 6.92 Å². The van der Waals surface area contributed by atoms with Crippen LogP contribution in [0.2, 0.25) is 0 Å². The average Bonchev–Trinajstić information content (AvgIpc) is 3.56. The standard InChI is InChI=1S/C32H45N5O6/c1-7-30(5)15-24(31(6)20(3)10-12-32(21(4)27(30)40)13-11-23(38)26(31)32)43-25(39)18-37-17-22(34-35-37)9-8-14-36-16-19(2)28(41)33-29(36)42/h7,16-17,20-21,24,26-27,40H,1,8-15,18H2,2-6H3,(H,33,41,42)/t20-,21+,24-,26-,27+,30-,31+,32+/m1/s1. The Labute approximate surface area is 251 Å². The van der Waals surface area contributed by atoms with Crippen molar-refractivity contribution in [3.63, 3.8) is 0 Å². The minimum absolute atomic E-state index is 0.0872. The van der Waals surface area contributed by atoms with Crippen molar-refractivity contribution in [3.8, 4) is 0 Å². The molecule has 2 aromatic heterocycles. The lowest BCUT2D eigenvalue weighted by molar-refractivity contribution is -0.207. The van der Waals surface area contributed by atoms with E-state index in [1.54, 1.807) is 19.2 Å². The Morgan fingerprint density at radius 2 is 1.98 bits per heavy atom. The molecule has 11 nitrogen and oxygen atoms in total. The second-order valence-corrected chi connectivity index (χ2v) is 13.8. The molecule has 0 aromatic carbocycles. The fourth-order valence-corrected chi connectivity index (χ4v) is 8.58. The second-order valence-electron chi connectivity index (χ2n) is 13.8. The minimum Gasteiger partial charge on any atom is -0.460 e. The van der Waals surface area contributed by atoms with E-state index in [4.69, 9.17) is 4.74 Å². The average molecular weight is 596 g/mol. The number of hydrogen-bond acceptors (Lipinski definition) is 8. The van der Waals surface area contributed by atoms with Crippen molar-refractivity contribution < 1.29 is 19.4 Å². The van der Waals surface area contributed by atoms with E-state index in [9.17, 15) is 24.3 Å². The number of aryl methyl sites for hydroxylation is 3. The molecule has 0 saturated heterocycles. The number of ether oxygens (including phenoxy) is 1. The molecule has 2 aromatic rings. The number of hydrogen-bond donors (Lipinski definition) is 2. The van der Waals surface area contributed by atoms with Crippen LogP contribution < -0.4 is 11.2 Å². The van der Waals surface area contributed by atoms with Crippen LogP contribution in [0.3, 0.4) is 0 Å². The number of aliphatic hydroxyl groups is 1. The van der Waals surface area contributed by atoms with Crippen LogP contribution in [0.1, 0.15) is 77.5 Å². The number of aromatic nitrogens is 5. The highest BCUT2D eigenvalue weighted by atomic mass is 16.5. The first-order valence-electron chi connectivity index (χ1n) is 15.5. The Bertz CT molecular complexity index is 1530. The number of nitrogens with one attached hydrogen (secondary N) is 1. The molecule has 43 heavy (non-hydrogen) atoms. The van der Waals surface area contributed by atoms with Crippen molar-refractivity contribution >= 4 is 11.8 Å². The number of carbonyl (C=O) groups is 2. The van der Waals surface area contributed by atoms with Gasteiger partial charge in [0, 0.05) is 47.7 Å². The highest BCUT2D eigenvalue weighted by Gasteiger charge is 2.68. The van der Waals surface area contributed by atoms with Gasteiger partial charge in [-0.05, 0) is 62.7 Å². The van der Waals surface area contributed by atoms with Crippen LogP contribution in [0.4, 0.5) is 0 Å². The number of nitrogens with zero attached hydrogens (tertiary/aromatic N) is 4. The Balaban J connectivity index is 1.32. The number of rotatable bonds is 8. The van der Waals surface area contributed by atoms with Crippen LogP contribution in [0.25, 0.3) is 0 Å². The fourth-order valence-electron chi connectivity index (χ4n) is 8.58. The predicted octanol–water partition coefficient (Wildman–Crippen LogP) is 2.98. The number of esters is 1. The van der Waals surface area contributed by atoms with E-state index < -0.39 is 40.3 Å². The van der Waals surface area contributed by atoms with Gasteiger partial charge in [0.2, 0.25) is 0 Å². The zero-order valence-corrected chi connectivity index (χ0v) is 26.0. The van der Waals surface area contributed by atoms with E-state index in [0.29, 0.717) is 43.5 Å². The summed E-state index contributed by atoms with van der Waals surface area (Å²) < 4.78 is 9.20. The summed E-state index contributed by atoms with van der Waals surface area (Å²) in [6.07, 6.45) is 8.24. The van der Waals surface area contributed by atoms with Gasteiger partial charge in [-0.3, -0.25) is 19.4 Å². The zero-order valence-electron chi connectivity index (χ0n) is 26.0. The third kappa shape index (κ3) is 5.23. The molecule has 0 unspecified atom stereocenters. The monoisotopic (exact) mass is 595 g/mol. The summed E-state index contributed by atoms with van der Waals surface area (Å²) in [6.45, 7) is 14.3. The summed E-state index contributed by atoms with van der Waals surface area (Å²) in [6, 6.07) is 0. The first-order valence-corrected chi connectivity index (χ1v) is 15.5. The van der Waals surface area contributed by atoms with Crippen LogP contribution in [-0.2, 0) is 33.8 Å². The maximum absolute atomic E-state index is 13.6. The van der Waals surface area contributed by atoms with E-state index in [2.05, 4.69) is 42.6 Å². The molecule has 8 atom stereocenters. The smallest absolute Gasteiger partial charge is 0.328 e. The quantitative estimate of drug-likeness (QED) is 0.350. The fraction of sp³-hybridized carbons (Fsp3) is 0.688. The molecule has 2 bridgehead atoms. The molecule has 2 heterocycles. The Kier molecular flexibility index (Phi) is 8.17. The number of aromatic amines is 1. The topological polar surface area (TPSA) is 149 Å². The molecule has 3 aliphatic rings. The molecule has 0 spiro atoms. The van der Waals surface area contributed by atoms with Gasteiger partial charge in [0.15, 0.2) is 0 Å². The summed E-state index contributed by atoms with van der Waals surface area (Å²) in [5.41, 5.74) is -1.32. The lowest BCUT2D eigenvalue weighted by Crippen LogP contribution is -2.63. The van der Waals surface area contributed by atoms with Gasteiger partial charge in [0.05, 0.1) is 11.8 Å². The van der Waals surface area contributed by atoms with Gasteiger partial charge in [-0.1, -0.05) is 39.0 Å². The first kappa shape index (κ1) is 31.1. The summed E-state index contributed by atoms with van der Waals surface area (Å²) in [5.74, 6) is -0.468. The first-order chi connectivity index (χ1) is 20.2. The zero-order chi connectivity index (χ0) is 31.3. The van der Waals surface area contributed by atoms with Gasteiger partial charge in [-0.15, -0.1) is 11.7 Å². The largest absolute Gasteiger partial charge is 0.460 e. The highest BCUT2D eigenvalue weighted by molar-refractivity contribution is 5.85. The number of aliphatic hydroxyl groups excluding tert-OH is 1. The van der Waals surface area contributed by atoms with E-state index in [-0.39, 0.29) is 35.5 Å². The summed E-state index contributed by atoms with van der Waals surface area (Å²) in [5, 5.41) is 20.0. The van der Waals surface area contributed by atoms with E-state index in [1.165, 1.54) is 15.4 Å². The predicted molar refractivity (Wildman–Crippen MR) is 159 cm³/mol. The molecule has 5 rings (SSSR count). The van der Waals surface area contributed by atoms with Crippen LogP contribution in [0.15, 0.2) is 34.6 Å². The van der Waals surface area contributed by atoms with Gasteiger partial charge in [-0.25, -0.2) is 9.48 Å². The number of ketones is 1. The maximum Gasteiger partial charge on any atom is 0.328 e. The number of H-pyrrole nitrogens is 1. The van der Waals surface area contributed by atoms with Crippen molar-refractivity contribution in [1.82, 2.24) is 24.5 Å². The van der Waals surface area contributed by atoms with Crippen LogP contribution in [-0.4, -0.2) is 53.6 Å². The third-order valence-corrected chi connectivity index (χ3v) is 11.5. The van der Waals surface area contributed by atoms with Crippen LogP contribution >= 0.6 is 0 Å². The van der Waals surface area contributed by atoms with E-state index in [0.717, 1.165) is 19.3 Å². The van der Waals surface area contributed by atoms with Crippen molar-refractivity contribution in [3.05, 3.63) is 57.1 Å². The maximum atomic E-state index is 13.6. The number of Topliss-reactive ketones (excluding diaryl/α,β-unsaturated/α-hetero) is 1. The van der Waals surface area contributed by atoms with Gasteiger partial charge in [0.1, 0.15) is 18.4 Å². The second kappa shape index (κ2) is 11.3. The lowest BCUT2D eigenvalue weighted by atomic mass is 9.44. The normalized spacial score (nSPS) is 35.6. The molecule has 0 radical (unpaired) electrons. The van der Waals surface area contributed by atoms with Crippen molar-refractivity contribution in [2.24, 2.45) is 34.0 Å². The molecule has 0 aliphatic heterocycles. The molecular weight excluding hydrogens is 550 g/mol. The van der Waals surface area contributed by atoms with Gasteiger partial charge < -0.3 is 14.4 Å². The van der Waals surface area contributed by atoms with Crippen LogP contribution in [0.5, 0.6) is 0 Å². The van der Waals surface area contributed by atoms with Crippen LogP contribution in [0, 0.1) is 40.9 Å². The van der Waals surface area contributed by atoms with Gasteiger partial charge in [0.25, 0.3) is 5.56 Å². The van der Waals surface area contributed by atoms with Gasteiger partial charge in [-0.2, -0.15) is 0 Å². The van der Waals surface area contributed by atoms with Crippen molar-refractivity contribution in [1.29, 1.82) is 0 Å². The molecule has 2 N–H and O–H groups in total. The highest BCUT2D eigenvalue weighted by Crippen LogP contribution is 2.68. The Morgan fingerprint density at radius 3 is 2.70 bits per heavy atom. The summed E-state index contributed by atoms with van der Waals surface area (Å²) in [7, 11) is 0. The number of carbonyl (C=O) groups excluding carboxylic acids is 2. The molecule has 0 amide bonds. The molecule has 3 saturated carbocycles.